The number of carbonyl (C=O) groups is 3. The van der Waals surface area contributed by atoms with E-state index in [1.54, 1.807) is 102 Å². The number of nitrogens with zero attached hydrogens (tertiary/aromatic N) is 7. The maximum Gasteiger partial charge on any atom is 0.426 e. The standard InChI is InChI=1S/C22H29BrN2O5S.C18H22BrNO3S.C18H19N3O2S.C12H13BrN2OS.C12H14N2OS/c1-20(2,3)29-18(26)25(19(27)30-21(4,5)6)17-24-22(10-12-31-17)9-11-28-16-8-7-14(23)13-15(16)22;1-17(2,3)23-16(21)11-15-20-18(7-9-24-15)6-8-22-14-5-4-12(19)10-13(14)18;1-22-14-8-13(10-20-11-14)12-2-3-16-15(9-12)18(4-6-23-16)5-7-24-17(19)21-18;13-8-1-2-10-9(7-8)12(3-5-16-10)4-6-17-11(14)15-12;13-11-14-12(6-8-16-11)5-7-15-10-4-2-1-3-9(10)12/h7-8,13H,9-12H2,1-6H3;4-5,10H,6-9,11H2,1-3H3;2-3,8-11H,4-7H2,1H3,(H2,19,21);1-2,7H,3-6H2,(H2,14,15);1-4H,5-8H2,(H2,13,14). The van der Waals surface area contributed by atoms with Crippen LogP contribution in [0.5, 0.6) is 34.5 Å². The predicted octanol–water partition coefficient (Wildman–Crippen LogP) is 19.0. The van der Waals surface area contributed by atoms with Gasteiger partial charge >= 0.3 is 18.2 Å². The first kappa shape index (κ1) is 84.6. The lowest BCUT2D eigenvalue weighted by Gasteiger charge is -2.40. The predicted molar refractivity (Wildman–Crippen MR) is 464 cm³/mol. The first-order valence-corrected chi connectivity index (χ1v) is 44.7. The van der Waals surface area contributed by atoms with Crippen LogP contribution in [0.1, 0.15) is 161 Å². The van der Waals surface area contributed by atoms with Gasteiger partial charge in [-0.05, 0) is 179 Å². The topological polar surface area (TPSA) is 290 Å². The largest absolute Gasteiger partial charge is 0.495 e. The maximum absolute atomic E-state index is 13.0. The molecule has 6 N–H and O–H groups in total. The van der Waals surface area contributed by atoms with Gasteiger partial charge in [0.25, 0.3) is 0 Å². The summed E-state index contributed by atoms with van der Waals surface area (Å²) in [6.45, 7) is 19.5. The van der Waals surface area contributed by atoms with Gasteiger partial charge in [-0.15, -0.1) is 11.8 Å². The number of hydrogen-bond donors (Lipinski definition) is 3. The van der Waals surface area contributed by atoms with Crippen molar-refractivity contribution in [2.45, 2.75) is 177 Å². The lowest BCUT2D eigenvalue weighted by molar-refractivity contribution is -0.153. The molecule has 1 aromatic heterocycles. The summed E-state index contributed by atoms with van der Waals surface area (Å²) in [5, 5.41) is 3.22. The number of hydrogen-bond acceptors (Lipinski definition) is 26. The van der Waals surface area contributed by atoms with Crippen LogP contribution in [0.2, 0.25) is 0 Å². The number of pyridine rings is 1. The number of benzene rings is 5. The number of thioether (sulfide) groups is 5. The molecule has 10 aliphatic rings. The summed E-state index contributed by atoms with van der Waals surface area (Å²) in [5.41, 5.74) is 22.0. The van der Waals surface area contributed by atoms with E-state index in [2.05, 4.69) is 83.1 Å². The molecule has 0 bridgehead atoms. The number of methoxy groups -OCH3 is 1. The number of aliphatic imine (C=N–C) groups is 5. The van der Waals surface area contributed by atoms with Crippen LogP contribution in [0, 0.1) is 0 Å². The first-order chi connectivity index (χ1) is 53.3. The number of halogens is 3. The number of amidine groups is 4. The van der Waals surface area contributed by atoms with E-state index in [0.29, 0.717) is 47.5 Å². The smallest absolute Gasteiger partial charge is 0.426 e. The zero-order chi connectivity index (χ0) is 79.9. The van der Waals surface area contributed by atoms with E-state index in [0.717, 1.165) is 180 Å². The van der Waals surface area contributed by atoms with Gasteiger partial charge < -0.3 is 59.8 Å². The molecule has 2 amide bonds. The third-order valence-electron chi connectivity index (χ3n) is 19.9. The van der Waals surface area contributed by atoms with Crippen molar-refractivity contribution in [3.8, 4) is 45.6 Å². The summed E-state index contributed by atoms with van der Waals surface area (Å²) >= 11 is 18.5. The van der Waals surface area contributed by atoms with Crippen LogP contribution < -0.4 is 45.6 Å². The minimum Gasteiger partial charge on any atom is -0.495 e. The third-order valence-corrected chi connectivity index (χ3v) is 25.6. The van der Waals surface area contributed by atoms with Gasteiger partial charge in [-0.3, -0.25) is 29.7 Å². The van der Waals surface area contributed by atoms with Crippen LogP contribution in [-0.4, -0.2) is 139 Å². The van der Waals surface area contributed by atoms with Crippen LogP contribution >= 0.6 is 107 Å². The molecule has 0 saturated heterocycles. The van der Waals surface area contributed by atoms with Gasteiger partial charge in [-0.1, -0.05) is 119 Å². The highest BCUT2D eigenvalue weighted by Gasteiger charge is 2.47. The van der Waals surface area contributed by atoms with Crippen molar-refractivity contribution in [2.24, 2.45) is 42.2 Å². The highest BCUT2D eigenvalue weighted by atomic mass is 79.9. The average Bonchev–Trinajstić information content (AvgIpc) is 0.767. The number of amides is 2. The Labute approximate surface area is 702 Å². The van der Waals surface area contributed by atoms with E-state index in [1.165, 1.54) is 22.9 Å². The number of aromatic nitrogens is 1. The molecule has 5 atom stereocenters. The fourth-order valence-corrected chi connectivity index (χ4v) is 20.7. The Hall–Kier alpha value is -6.80. The molecule has 22 nitrogen and oxygen atoms in total. The van der Waals surface area contributed by atoms with Gasteiger partial charge in [-0.2, -0.15) is 4.90 Å². The second-order valence-electron chi connectivity index (χ2n) is 31.2. The Kier molecular flexibility index (Phi) is 27.0. The zero-order valence-corrected chi connectivity index (χ0v) is 73.6. The molecule has 5 unspecified atom stereocenters. The number of carbonyl (C=O) groups excluding carboxylic acids is 3. The fraction of sp³-hybridized carbons (Fsp3) is 0.476. The Bertz CT molecular complexity index is 4620. The summed E-state index contributed by atoms with van der Waals surface area (Å²) in [4.78, 5) is 67.6. The van der Waals surface area contributed by atoms with Gasteiger partial charge in [-0.25, -0.2) is 14.6 Å². The van der Waals surface area contributed by atoms with Gasteiger partial charge in [0.05, 0.1) is 85.5 Å². The number of ether oxygens (including phenoxy) is 9. The highest BCUT2D eigenvalue weighted by molar-refractivity contribution is 9.11. The van der Waals surface area contributed by atoms with Gasteiger partial charge in [0.1, 0.15) is 51.3 Å². The van der Waals surface area contributed by atoms with E-state index >= 15 is 0 Å². The molecule has 0 saturated carbocycles. The van der Waals surface area contributed by atoms with Crippen molar-refractivity contribution in [3.63, 3.8) is 0 Å². The van der Waals surface area contributed by atoms with E-state index in [4.69, 9.17) is 84.8 Å². The number of fused-ring (bicyclic) bond motifs is 10. The second-order valence-corrected chi connectivity index (χ2v) is 39.5. The number of rotatable bonds is 4. The molecule has 11 heterocycles. The molecular formula is C82H97Br3N10O12S5. The first-order valence-electron chi connectivity index (χ1n) is 37.4. The number of nitrogens with two attached hydrogens (primary N) is 3. The summed E-state index contributed by atoms with van der Waals surface area (Å²) in [7, 11) is 1.65. The van der Waals surface area contributed by atoms with E-state index in [1.807, 2.05) is 99.8 Å². The minimum atomic E-state index is -0.799. The Balaban J connectivity index is 0.000000132. The van der Waals surface area contributed by atoms with E-state index in [9.17, 15) is 14.4 Å². The van der Waals surface area contributed by atoms with Crippen LogP contribution in [-0.2, 0) is 46.7 Å². The molecule has 30 heteroatoms. The van der Waals surface area contributed by atoms with Crippen LogP contribution in [0.4, 0.5) is 9.59 Å². The Morgan fingerprint density at radius 3 is 1.23 bits per heavy atom. The second kappa shape index (κ2) is 35.7. The lowest BCUT2D eigenvalue weighted by Crippen LogP contribution is -2.48. The van der Waals surface area contributed by atoms with Crippen LogP contribution in [0.15, 0.2) is 154 Å². The van der Waals surface area contributed by atoms with Crippen molar-refractivity contribution in [1.29, 1.82) is 0 Å². The SMILES string of the molecule is CC(C)(C)OC(=O)CC1=NC2(CCOc3ccc(Br)cc32)CCS1.CC(C)(C)OC(=O)N(C(=O)OC(C)(C)C)C1=NC2(CCOc3ccc(Br)cc32)CCS1.COc1cncc(-c2ccc3c(c2)C2(CCO3)CCSC(N)=N2)c1.NC1=NC2(CCOc3ccc(Br)cc32)CCS1.NC1=NC2(CCOc3ccccc32)CCS1. The zero-order valence-electron chi connectivity index (χ0n) is 64.8. The maximum atomic E-state index is 13.0. The molecule has 5 spiro atoms. The Morgan fingerprint density at radius 2 is 0.804 bits per heavy atom. The van der Waals surface area contributed by atoms with Crippen LogP contribution in [0.25, 0.3) is 11.1 Å². The molecule has 6 aromatic rings. The van der Waals surface area contributed by atoms with Crippen molar-refractivity contribution in [2.75, 3.05) is 68.9 Å². The summed E-state index contributed by atoms with van der Waals surface area (Å²) in [6, 6.07) is 34.4. The monoisotopic (exact) mass is 1810 g/mol. The van der Waals surface area contributed by atoms with E-state index < -0.39 is 34.5 Å². The quantitative estimate of drug-likeness (QED) is 0.109. The van der Waals surface area contributed by atoms with Crippen LogP contribution in [0.3, 0.4) is 0 Å². The normalized spacial score (nSPS) is 23.7. The molecule has 0 fully saturated rings. The molecule has 5 aromatic carbocycles. The Morgan fingerprint density at radius 1 is 0.429 bits per heavy atom. The van der Waals surface area contributed by atoms with Gasteiger partial charge in [0.2, 0.25) is 0 Å². The molecule has 112 heavy (non-hydrogen) atoms. The fourth-order valence-electron chi connectivity index (χ4n) is 14.7. The lowest BCUT2D eigenvalue weighted by atomic mass is 9.81. The van der Waals surface area contributed by atoms with E-state index in [-0.39, 0.29) is 39.7 Å². The molecule has 0 radical (unpaired) electrons. The van der Waals surface area contributed by atoms with Crippen molar-refractivity contribution in [1.82, 2.24) is 9.88 Å². The molecule has 16 rings (SSSR count). The number of esters is 1. The molecule has 10 aliphatic heterocycles. The highest BCUT2D eigenvalue weighted by Crippen LogP contribution is 2.52. The minimum absolute atomic E-state index is 0.121. The molecule has 598 valence electrons. The summed E-state index contributed by atoms with van der Waals surface area (Å²) in [5.74, 6) is 9.72. The van der Waals surface area contributed by atoms with Gasteiger partial charge in [0, 0.05) is 114 Å². The molecular weight excluding hydrogens is 1720 g/mol. The molecule has 0 aliphatic carbocycles. The number of imide groups is 1. The average molecular weight is 1810 g/mol. The summed E-state index contributed by atoms with van der Waals surface area (Å²) in [6.07, 6.45) is 11.2. The van der Waals surface area contributed by atoms with Gasteiger partial charge in [0.15, 0.2) is 20.7 Å². The summed E-state index contributed by atoms with van der Waals surface area (Å²) < 4.78 is 53.6. The number of para-hydroxylation sites is 1. The third kappa shape index (κ3) is 20.7. The van der Waals surface area contributed by atoms with Crippen molar-refractivity contribution >= 4 is 150 Å². The van der Waals surface area contributed by atoms with Crippen molar-refractivity contribution in [3.05, 3.63) is 157 Å². The van der Waals surface area contributed by atoms with Crippen molar-refractivity contribution < 1.29 is 57.0 Å².